The van der Waals surface area contributed by atoms with Crippen LogP contribution in [0.3, 0.4) is 0 Å². The van der Waals surface area contributed by atoms with Gasteiger partial charge in [-0.15, -0.1) is 5.10 Å². The zero-order valence-corrected chi connectivity index (χ0v) is 11.3. The van der Waals surface area contributed by atoms with Crippen LogP contribution in [-0.4, -0.2) is 33.9 Å². The van der Waals surface area contributed by atoms with E-state index < -0.39 is 0 Å². The second-order valence-corrected chi connectivity index (χ2v) is 4.45. The van der Waals surface area contributed by atoms with E-state index in [2.05, 4.69) is 15.5 Å². The number of nitrogen functional groups attached to an aromatic ring is 1. The Morgan fingerprint density at radius 2 is 2.16 bits per heavy atom. The van der Waals surface area contributed by atoms with E-state index >= 15 is 0 Å². The van der Waals surface area contributed by atoms with Gasteiger partial charge in [-0.25, -0.2) is 4.68 Å². The number of unbranched alkanes of at least 4 members (excludes halogenated alkanes) is 1. The number of methoxy groups -OCH3 is 1. The maximum Gasteiger partial charge on any atom is 0.182 e. The topological polar surface area (TPSA) is 78.8 Å². The van der Waals surface area contributed by atoms with Gasteiger partial charge in [0, 0.05) is 31.5 Å². The van der Waals surface area contributed by atoms with Crippen molar-refractivity contribution >= 4 is 5.69 Å². The first-order valence-corrected chi connectivity index (χ1v) is 6.34. The summed E-state index contributed by atoms with van der Waals surface area (Å²) in [5.41, 5.74) is 8.67. The molecule has 0 saturated carbocycles. The van der Waals surface area contributed by atoms with Gasteiger partial charge in [0.2, 0.25) is 0 Å². The highest BCUT2D eigenvalue weighted by Crippen LogP contribution is 2.24. The molecular formula is C13H19N5O. The van der Waals surface area contributed by atoms with Crippen LogP contribution in [-0.2, 0) is 11.3 Å². The van der Waals surface area contributed by atoms with Gasteiger partial charge in [-0.3, -0.25) is 0 Å². The van der Waals surface area contributed by atoms with Gasteiger partial charge in [0.25, 0.3) is 0 Å². The minimum Gasteiger partial charge on any atom is -0.398 e. The van der Waals surface area contributed by atoms with Gasteiger partial charge in [0.15, 0.2) is 5.82 Å². The molecule has 0 amide bonds. The van der Waals surface area contributed by atoms with Gasteiger partial charge in [-0.05, 0) is 41.8 Å². The van der Waals surface area contributed by atoms with Crippen molar-refractivity contribution in [2.75, 3.05) is 19.5 Å². The van der Waals surface area contributed by atoms with Crippen LogP contribution in [0.1, 0.15) is 18.4 Å². The van der Waals surface area contributed by atoms with E-state index in [0.717, 1.165) is 48.6 Å². The van der Waals surface area contributed by atoms with Crippen LogP contribution in [0.25, 0.3) is 11.4 Å². The first-order valence-electron chi connectivity index (χ1n) is 6.34. The molecule has 1 aromatic heterocycles. The first kappa shape index (κ1) is 13.5. The van der Waals surface area contributed by atoms with Crippen molar-refractivity contribution in [1.29, 1.82) is 0 Å². The minimum absolute atomic E-state index is 0.756. The zero-order valence-electron chi connectivity index (χ0n) is 11.3. The Balaban J connectivity index is 2.17. The van der Waals surface area contributed by atoms with Gasteiger partial charge in [-0.1, -0.05) is 12.1 Å². The van der Waals surface area contributed by atoms with Crippen LogP contribution in [0.2, 0.25) is 0 Å². The number of nitrogens with zero attached hydrogens (tertiary/aromatic N) is 4. The molecule has 2 N–H and O–H groups in total. The molecule has 0 aliphatic heterocycles. The number of nitrogens with two attached hydrogens (primary N) is 1. The summed E-state index contributed by atoms with van der Waals surface area (Å²) in [4.78, 5) is 0. The normalized spacial score (nSPS) is 10.8. The summed E-state index contributed by atoms with van der Waals surface area (Å²) in [7, 11) is 1.71. The van der Waals surface area contributed by atoms with Crippen LogP contribution < -0.4 is 5.73 Å². The Hall–Kier alpha value is -1.95. The predicted octanol–water partition coefficient (Wildman–Crippen LogP) is 1.66. The molecule has 2 aromatic rings. The maximum absolute atomic E-state index is 5.92. The number of hydrogen-bond donors (Lipinski definition) is 1. The highest BCUT2D eigenvalue weighted by Gasteiger charge is 2.12. The number of ether oxygens (including phenoxy) is 1. The highest BCUT2D eigenvalue weighted by atomic mass is 16.5. The zero-order chi connectivity index (χ0) is 13.7. The second-order valence-electron chi connectivity index (χ2n) is 4.45. The van der Waals surface area contributed by atoms with E-state index in [1.165, 1.54) is 0 Å². The third-order valence-corrected chi connectivity index (χ3v) is 3.12. The molecule has 0 aliphatic carbocycles. The number of tetrazole rings is 1. The molecule has 1 aromatic carbocycles. The Bertz CT molecular complexity index is 538. The molecule has 0 unspecified atom stereocenters. The predicted molar refractivity (Wildman–Crippen MR) is 73.5 cm³/mol. The molecule has 1 heterocycles. The first-order chi connectivity index (χ1) is 9.24. The molecule has 0 fully saturated rings. The third-order valence-electron chi connectivity index (χ3n) is 3.12. The van der Waals surface area contributed by atoms with Crippen molar-refractivity contribution < 1.29 is 4.74 Å². The number of aromatic nitrogens is 4. The second kappa shape index (κ2) is 6.29. The van der Waals surface area contributed by atoms with Crippen molar-refractivity contribution in [3.63, 3.8) is 0 Å². The fraction of sp³-hybridized carbons (Fsp3) is 0.462. The summed E-state index contributed by atoms with van der Waals surface area (Å²) in [6.07, 6.45) is 1.97. The fourth-order valence-electron chi connectivity index (χ4n) is 1.95. The summed E-state index contributed by atoms with van der Waals surface area (Å²) < 4.78 is 6.85. The lowest BCUT2D eigenvalue weighted by Crippen LogP contribution is -2.05. The van der Waals surface area contributed by atoms with Crippen molar-refractivity contribution in [1.82, 2.24) is 20.2 Å². The monoisotopic (exact) mass is 261 g/mol. The van der Waals surface area contributed by atoms with Crippen LogP contribution >= 0.6 is 0 Å². The van der Waals surface area contributed by atoms with E-state index in [1.807, 2.05) is 29.8 Å². The Labute approximate surface area is 112 Å². The number of rotatable bonds is 6. The fourth-order valence-corrected chi connectivity index (χ4v) is 1.95. The summed E-state index contributed by atoms with van der Waals surface area (Å²) in [5.74, 6) is 0.766. The molecule has 102 valence electrons. The van der Waals surface area contributed by atoms with Crippen LogP contribution in [0, 0.1) is 6.92 Å². The molecule has 6 heteroatoms. The van der Waals surface area contributed by atoms with E-state index in [9.17, 15) is 0 Å². The molecule has 0 atom stereocenters. The number of anilines is 1. The van der Waals surface area contributed by atoms with Crippen molar-refractivity contribution in [3.8, 4) is 11.4 Å². The number of aryl methyl sites for hydroxylation is 1. The van der Waals surface area contributed by atoms with Gasteiger partial charge in [0.1, 0.15) is 0 Å². The molecule has 2 rings (SSSR count). The van der Waals surface area contributed by atoms with Crippen molar-refractivity contribution in [2.24, 2.45) is 0 Å². The quantitative estimate of drug-likeness (QED) is 0.632. The molecule has 19 heavy (non-hydrogen) atoms. The molecule has 0 bridgehead atoms. The molecule has 6 nitrogen and oxygen atoms in total. The smallest absolute Gasteiger partial charge is 0.182 e. The van der Waals surface area contributed by atoms with Gasteiger partial charge < -0.3 is 10.5 Å². The van der Waals surface area contributed by atoms with Crippen molar-refractivity contribution in [3.05, 3.63) is 23.8 Å². The average Bonchev–Trinajstić information content (AvgIpc) is 2.86. The molecule has 0 aliphatic rings. The Morgan fingerprint density at radius 1 is 1.32 bits per heavy atom. The third kappa shape index (κ3) is 3.08. The van der Waals surface area contributed by atoms with E-state index in [-0.39, 0.29) is 0 Å². The minimum atomic E-state index is 0.756. The van der Waals surface area contributed by atoms with Gasteiger partial charge in [-0.2, -0.15) is 0 Å². The van der Waals surface area contributed by atoms with E-state index in [0.29, 0.717) is 0 Å². The van der Waals surface area contributed by atoms with E-state index in [1.54, 1.807) is 7.11 Å². The van der Waals surface area contributed by atoms with Crippen LogP contribution in [0.5, 0.6) is 0 Å². The molecule has 0 spiro atoms. The largest absolute Gasteiger partial charge is 0.398 e. The van der Waals surface area contributed by atoms with Gasteiger partial charge >= 0.3 is 0 Å². The molecule has 0 radical (unpaired) electrons. The van der Waals surface area contributed by atoms with Crippen molar-refractivity contribution in [2.45, 2.75) is 26.3 Å². The lowest BCUT2D eigenvalue weighted by Gasteiger charge is -2.08. The SMILES string of the molecule is COCCCCn1nnnc1-c1cccc(N)c1C. The number of hydrogen-bond acceptors (Lipinski definition) is 5. The van der Waals surface area contributed by atoms with E-state index in [4.69, 9.17) is 10.5 Å². The lowest BCUT2D eigenvalue weighted by atomic mass is 10.1. The number of benzene rings is 1. The Morgan fingerprint density at radius 3 is 2.95 bits per heavy atom. The molecular weight excluding hydrogens is 242 g/mol. The lowest BCUT2D eigenvalue weighted by molar-refractivity contribution is 0.191. The highest BCUT2D eigenvalue weighted by molar-refractivity contribution is 5.67. The Kier molecular flexibility index (Phi) is 4.46. The summed E-state index contributed by atoms with van der Waals surface area (Å²) >= 11 is 0. The maximum atomic E-state index is 5.92. The average molecular weight is 261 g/mol. The summed E-state index contributed by atoms with van der Waals surface area (Å²) in [6.45, 7) is 3.52. The summed E-state index contributed by atoms with van der Waals surface area (Å²) in [5, 5.41) is 11.9. The standard InChI is InChI=1S/C13H19N5O/c1-10-11(6-5-7-12(10)14)13-15-16-17-18(13)8-3-4-9-19-2/h5-7H,3-4,8-9,14H2,1-2H3. The summed E-state index contributed by atoms with van der Waals surface area (Å²) in [6, 6.07) is 5.79. The van der Waals surface area contributed by atoms with Crippen LogP contribution in [0.15, 0.2) is 18.2 Å². The van der Waals surface area contributed by atoms with Crippen LogP contribution in [0.4, 0.5) is 5.69 Å². The van der Waals surface area contributed by atoms with Gasteiger partial charge in [0.05, 0.1) is 0 Å². The molecule has 0 saturated heterocycles.